The maximum absolute atomic E-state index is 12.3. The SMILES string of the molecule is CC(C)Cc1ccc(C(C)NC(=O)CSc2nnc(-c3ccccc3)o2)cc1. The molecule has 2 aromatic carbocycles. The Morgan fingerprint density at radius 3 is 2.43 bits per heavy atom. The lowest BCUT2D eigenvalue weighted by atomic mass is 10.00. The molecule has 0 fully saturated rings. The lowest BCUT2D eigenvalue weighted by molar-refractivity contribution is -0.119. The first-order valence-electron chi connectivity index (χ1n) is 9.41. The minimum Gasteiger partial charge on any atom is -0.411 e. The number of aromatic nitrogens is 2. The molecule has 1 unspecified atom stereocenters. The molecular formula is C22H25N3O2S. The normalized spacial score (nSPS) is 12.1. The predicted molar refractivity (Wildman–Crippen MR) is 112 cm³/mol. The first-order valence-corrected chi connectivity index (χ1v) is 10.4. The Morgan fingerprint density at radius 1 is 1.04 bits per heavy atom. The first kappa shape index (κ1) is 20.1. The molecule has 1 heterocycles. The van der Waals surface area contributed by atoms with Crippen molar-refractivity contribution in [3.05, 3.63) is 65.7 Å². The first-order chi connectivity index (χ1) is 13.5. The minimum absolute atomic E-state index is 0.0521. The summed E-state index contributed by atoms with van der Waals surface area (Å²) in [5.74, 6) is 1.25. The van der Waals surface area contributed by atoms with Gasteiger partial charge in [0.2, 0.25) is 11.8 Å². The van der Waals surface area contributed by atoms with Crippen LogP contribution in [0.2, 0.25) is 0 Å². The van der Waals surface area contributed by atoms with Crippen LogP contribution < -0.4 is 5.32 Å². The van der Waals surface area contributed by atoms with Crippen LogP contribution in [0.4, 0.5) is 0 Å². The van der Waals surface area contributed by atoms with Gasteiger partial charge in [-0.2, -0.15) is 0 Å². The van der Waals surface area contributed by atoms with E-state index in [1.54, 1.807) is 0 Å². The van der Waals surface area contributed by atoms with Crippen molar-refractivity contribution >= 4 is 17.7 Å². The summed E-state index contributed by atoms with van der Waals surface area (Å²) in [6.45, 7) is 6.40. The summed E-state index contributed by atoms with van der Waals surface area (Å²) < 4.78 is 5.62. The highest BCUT2D eigenvalue weighted by Crippen LogP contribution is 2.23. The van der Waals surface area contributed by atoms with Gasteiger partial charge in [-0.05, 0) is 42.5 Å². The monoisotopic (exact) mass is 395 g/mol. The van der Waals surface area contributed by atoms with E-state index in [1.807, 2.05) is 37.3 Å². The number of carbonyl (C=O) groups excluding carboxylic acids is 1. The summed E-state index contributed by atoms with van der Waals surface area (Å²) in [6.07, 6.45) is 1.06. The van der Waals surface area contributed by atoms with Gasteiger partial charge in [-0.3, -0.25) is 4.79 Å². The second-order valence-corrected chi connectivity index (χ2v) is 8.08. The fourth-order valence-electron chi connectivity index (χ4n) is 2.87. The van der Waals surface area contributed by atoms with Crippen LogP contribution in [0, 0.1) is 5.92 Å². The number of hydrogen-bond donors (Lipinski definition) is 1. The Hall–Kier alpha value is -2.60. The molecule has 5 nitrogen and oxygen atoms in total. The zero-order chi connectivity index (χ0) is 19.9. The molecule has 0 aliphatic rings. The van der Waals surface area contributed by atoms with Crippen molar-refractivity contribution in [2.24, 2.45) is 5.92 Å². The molecule has 0 aliphatic heterocycles. The predicted octanol–water partition coefficient (Wildman–Crippen LogP) is 4.90. The molecule has 146 valence electrons. The fourth-order valence-corrected chi connectivity index (χ4v) is 3.45. The fraction of sp³-hybridized carbons (Fsp3) is 0.318. The van der Waals surface area contributed by atoms with Crippen LogP contribution in [-0.4, -0.2) is 21.9 Å². The Bertz CT molecular complexity index is 892. The highest BCUT2D eigenvalue weighted by Gasteiger charge is 2.13. The molecule has 3 aromatic rings. The standard InChI is InChI=1S/C22H25N3O2S/c1-15(2)13-17-9-11-18(12-10-17)16(3)23-20(26)14-28-22-25-24-21(27-22)19-7-5-4-6-8-19/h4-12,15-16H,13-14H2,1-3H3,(H,23,26). The molecule has 0 saturated heterocycles. The van der Waals surface area contributed by atoms with Crippen molar-refractivity contribution in [3.8, 4) is 11.5 Å². The van der Waals surface area contributed by atoms with E-state index in [9.17, 15) is 4.79 Å². The number of carbonyl (C=O) groups is 1. The van der Waals surface area contributed by atoms with Crippen molar-refractivity contribution in [1.82, 2.24) is 15.5 Å². The third kappa shape index (κ3) is 5.70. The number of thioether (sulfide) groups is 1. The highest BCUT2D eigenvalue weighted by molar-refractivity contribution is 7.99. The Labute approximate surface area is 170 Å². The van der Waals surface area contributed by atoms with Crippen LogP contribution in [0.15, 0.2) is 64.2 Å². The average Bonchev–Trinajstić information content (AvgIpc) is 3.16. The van der Waals surface area contributed by atoms with E-state index in [0.717, 1.165) is 17.5 Å². The van der Waals surface area contributed by atoms with Gasteiger partial charge in [-0.25, -0.2) is 0 Å². The maximum Gasteiger partial charge on any atom is 0.277 e. The van der Waals surface area contributed by atoms with E-state index in [-0.39, 0.29) is 17.7 Å². The molecule has 0 bridgehead atoms. The number of benzene rings is 2. The van der Waals surface area contributed by atoms with E-state index in [0.29, 0.717) is 17.0 Å². The Kier molecular flexibility index (Phi) is 6.87. The van der Waals surface area contributed by atoms with E-state index in [1.165, 1.54) is 17.3 Å². The summed E-state index contributed by atoms with van der Waals surface area (Å²) in [4.78, 5) is 12.3. The molecule has 0 spiro atoms. The number of hydrogen-bond acceptors (Lipinski definition) is 5. The highest BCUT2D eigenvalue weighted by atomic mass is 32.2. The zero-order valence-corrected chi connectivity index (χ0v) is 17.2. The molecule has 3 rings (SSSR count). The molecule has 6 heteroatoms. The van der Waals surface area contributed by atoms with E-state index < -0.39 is 0 Å². The molecule has 0 radical (unpaired) electrons. The molecular weight excluding hydrogens is 370 g/mol. The van der Waals surface area contributed by atoms with Crippen molar-refractivity contribution < 1.29 is 9.21 Å². The molecule has 0 saturated carbocycles. The maximum atomic E-state index is 12.3. The van der Waals surface area contributed by atoms with Gasteiger partial charge in [0.05, 0.1) is 11.8 Å². The topological polar surface area (TPSA) is 68.0 Å². The van der Waals surface area contributed by atoms with Gasteiger partial charge in [0.15, 0.2) is 0 Å². The van der Waals surface area contributed by atoms with Crippen LogP contribution in [0.1, 0.15) is 37.9 Å². The van der Waals surface area contributed by atoms with Crippen LogP contribution in [0.5, 0.6) is 0 Å². The third-order valence-electron chi connectivity index (χ3n) is 4.26. The molecule has 1 amide bonds. The van der Waals surface area contributed by atoms with Crippen LogP contribution >= 0.6 is 11.8 Å². The summed E-state index contributed by atoms with van der Waals surface area (Å²) >= 11 is 1.24. The third-order valence-corrected chi connectivity index (χ3v) is 5.07. The smallest absolute Gasteiger partial charge is 0.277 e. The minimum atomic E-state index is -0.0665. The van der Waals surface area contributed by atoms with Crippen molar-refractivity contribution in [1.29, 1.82) is 0 Å². The lowest BCUT2D eigenvalue weighted by Gasteiger charge is -2.15. The van der Waals surface area contributed by atoms with Crippen LogP contribution in [-0.2, 0) is 11.2 Å². The van der Waals surface area contributed by atoms with Gasteiger partial charge < -0.3 is 9.73 Å². The van der Waals surface area contributed by atoms with Crippen molar-refractivity contribution in [2.45, 2.75) is 38.5 Å². The number of rotatable bonds is 8. The summed E-state index contributed by atoms with van der Waals surface area (Å²) in [5.41, 5.74) is 3.27. The van der Waals surface area contributed by atoms with E-state index >= 15 is 0 Å². The number of nitrogens with zero attached hydrogens (tertiary/aromatic N) is 2. The van der Waals surface area contributed by atoms with Gasteiger partial charge in [0.1, 0.15) is 0 Å². The molecule has 0 aliphatic carbocycles. The lowest BCUT2D eigenvalue weighted by Crippen LogP contribution is -2.28. The molecule has 1 N–H and O–H groups in total. The summed E-state index contributed by atoms with van der Waals surface area (Å²) in [6, 6.07) is 18.0. The Morgan fingerprint density at radius 2 is 1.75 bits per heavy atom. The number of nitrogens with one attached hydrogen (secondary N) is 1. The average molecular weight is 396 g/mol. The quantitative estimate of drug-likeness (QED) is 0.549. The van der Waals surface area contributed by atoms with Gasteiger partial charge in [0.25, 0.3) is 5.22 Å². The van der Waals surface area contributed by atoms with Crippen LogP contribution in [0.25, 0.3) is 11.5 Å². The van der Waals surface area contributed by atoms with Crippen molar-refractivity contribution in [3.63, 3.8) is 0 Å². The second-order valence-electron chi connectivity index (χ2n) is 7.16. The van der Waals surface area contributed by atoms with Gasteiger partial charge in [-0.1, -0.05) is 68.1 Å². The molecule has 1 aromatic heterocycles. The van der Waals surface area contributed by atoms with Crippen molar-refractivity contribution in [2.75, 3.05) is 5.75 Å². The zero-order valence-electron chi connectivity index (χ0n) is 16.4. The van der Waals surface area contributed by atoms with Crippen LogP contribution in [0.3, 0.4) is 0 Å². The summed E-state index contributed by atoms with van der Waals surface area (Å²) in [5, 5.41) is 11.4. The molecule has 1 atom stereocenters. The van der Waals surface area contributed by atoms with E-state index in [4.69, 9.17) is 4.42 Å². The summed E-state index contributed by atoms with van der Waals surface area (Å²) in [7, 11) is 0. The van der Waals surface area contributed by atoms with Gasteiger partial charge in [-0.15, -0.1) is 10.2 Å². The largest absolute Gasteiger partial charge is 0.411 e. The molecule has 28 heavy (non-hydrogen) atoms. The van der Waals surface area contributed by atoms with Gasteiger partial charge >= 0.3 is 0 Å². The second kappa shape index (κ2) is 9.55. The number of amides is 1. The van der Waals surface area contributed by atoms with Gasteiger partial charge in [0, 0.05) is 5.56 Å². The Balaban J connectivity index is 1.49. The van der Waals surface area contributed by atoms with E-state index in [2.05, 4.69) is 53.6 Å².